The molecule has 0 aliphatic carbocycles. The van der Waals surface area contributed by atoms with Gasteiger partial charge in [0.2, 0.25) is 0 Å². The molecule has 1 amide bonds. The molecule has 26 heavy (non-hydrogen) atoms. The maximum Gasteiger partial charge on any atom is 0.280 e. The Hall–Kier alpha value is -1.94. The van der Waals surface area contributed by atoms with Gasteiger partial charge in [-0.1, -0.05) is 20.8 Å². The summed E-state index contributed by atoms with van der Waals surface area (Å²) in [6, 6.07) is 2.30. The minimum Gasteiger partial charge on any atom is -0.370 e. The number of rotatable bonds is 7. The molecule has 0 fully saturated rings. The lowest BCUT2D eigenvalue weighted by molar-refractivity contribution is 0.100. The van der Waals surface area contributed by atoms with Crippen LogP contribution in [0.3, 0.4) is 0 Å². The molecule has 0 heterocycles. The number of aliphatic imine (C=N–C) groups is 1. The number of hydrogen-bond donors (Lipinski definition) is 2. The van der Waals surface area contributed by atoms with E-state index in [2.05, 4.69) is 4.99 Å². The summed E-state index contributed by atoms with van der Waals surface area (Å²) >= 11 is 0. The van der Waals surface area contributed by atoms with Crippen molar-refractivity contribution >= 4 is 31.5 Å². The molecule has 0 saturated carbocycles. The second-order valence-electron chi connectivity index (χ2n) is 5.91. The molecule has 0 aliphatic rings. The minimum atomic E-state index is -3.92. The van der Waals surface area contributed by atoms with Gasteiger partial charge >= 0.3 is 0 Å². The van der Waals surface area contributed by atoms with E-state index >= 15 is 0 Å². The van der Waals surface area contributed by atoms with E-state index in [1.165, 1.54) is 6.07 Å². The number of carbonyl (C=O) groups is 1. The highest BCUT2D eigenvalue weighted by Crippen LogP contribution is 2.31. The van der Waals surface area contributed by atoms with Crippen LogP contribution in [0.15, 0.2) is 26.9 Å². The van der Waals surface area contributed by atoms with Crippen molar-refractivity contribution in [3.63, 3.8) is 0 Å². The number of sulfone groups is 2. The van der Waals surface area contributed by atoms with Gasteiger partial charge in [-0.3, -0.25) is 4.79 Å². The van der Waals surface area contributed by atoms with Crippen molar-refractivity contribution in [3.8, 4) is 0 Å². The summed E-state index contributed by atoms with van der Waals surface area (Å²) < 4.78 is 50.4. The van der Waals surface area contributed by atoms with Crippen LogP contribution in [-0.2, 0) is 26.1 Å². The molecule has 0 aromatic heterocycles. The van der Waals surface area contributed by atoms with E-state index in [0.717, 1.165) is 12.3 Å². The number of aryl methyl sites for hydroxylation is 1. The number of nitrogens with zero attached hydrogens (tertiary/aromatic N) is 1. The Kier molecular flexibility index (Phi) is 6.95. The normalized spacial score (nSPS) is 12.2. The molecule has 0 radical (unpaired) electrons. The second kappa shape index (κ2) is 8.17. The van der Waals surface area contributed by atoms with Crippen molar-refractivity contribution in [1.82, 2.24) is 0 Å². The predicted octanol–water partition coefficient (Wildman–Crippen LogP) is 1.03. The molecule has 0 saturated heterocycles. The number of hydrogen-bond acceptors (Lipinski definition) is 5. The van der Waals surface area contributed by atoms with Crippen molar-refractivity contribution in [2.24, 2.45) is 16.5 Å². The van der Waals surface area contributed by atoms with Gasteiger partial charge in [0, 0.05) is 11.8 Å². The molecule has 1 aromatic rings. The monoisotopic (exact) mass is 403 g/mol. The van der Waals surface area contributed by atoms with Crippen LogP contribution in [-0.4, -0.2) is 40.2 Å². The fourth-order valence-electron chi connectivity index (χ4n) is 2.69. The molecule has 146 valence electrons. The van der Waals surface area contributed by atoms with E-state index in [4.69, 9.17) is 11.5 Å². The fourth-order valence-corrected chi connectivity index (χ4v) is 6.13. The van der Waals surface area contributed by atoms with E-state index in [-0.39, 0.29) is 10.5 Å². The molecule has 0 atom stereocenters. The molecule has 1 rings (SSSR count). The van der Waals surface area contributed by atoms with Gasteiger partial charge in [-0.2, -0.15) is 4.99 Å². The summed E-state index contributed by atoms with van der Waals surface area (Å²) in [5, 5.41) is -0.716. The average Bonchev–Trinajstić information content (AvgIpc) is 2.52. The number of benzene rings is 1. The minimum absolute atomic E-state index is 0.0372. The number of carbonyl (C=O) groups excluding carboxylic acids is 1. The smallest absolute Gasteiger partial charge is 0.280 e. The highest BCUT2D eigenvalue weighted by molar-refractivity contribution is 7.94. The lowest BCUT2D eigenvalue weighted by Crippen LogP contribution is -2.25. The lowest BCUT2D eigenvalue weighted by Gasteiger charge is -2.18. The van der Waals surface area contributed by atoms with Crippen LogP contribution in [0, 0.1) is 0 Å². The van der Waals surface area contributed by atoms with Crippen molar-refractivity contribution in [2.75, 3.05) is 6.26 Å². The van der Waals surface area contributed by atoms with Crippen molar-refractivity contribution < 1.29 is 21.6 Å². The summed E-state index contributed by atoms with van der Waals surface area (Å²) in [4.78, 5) is 15.0. The van der Waals surface area contributed by atoms with E-state index in [1.54, 1.807) is 20.8 Å². The quantitative estimate of drug-likeness (QED) is 0.510. The summed E-state index contributed by atoms with van der Waals surface area (Å²) in [5.74, 6) is -1.29. The summed E-state index contributed by atoms with van der Waals surface area (Å²) in [6.07, 6.45) is 1.89. The van der Waals surface area contributed by atoms with Gasteiger partial charge in [-0.15, -0.1) is 0 Å². The third-order valence-corrected chi connectivity index (χ3v) is 7.83. The van der Waals surface area contributed by atoms with Crippen molar-refractivity contribution in [1.29, 1.82) is 0 Å². The Morgan fingerprint density at radius 3 is 1.96 bits per heavy atom. The van der Waals surface area contributed by atoms with Crippen LogP contribution in [0.5, 0.6) is 0 Å². The SMILES string of the molecule is CCc1cc(S(=O)(=O)C(CC)CC)c(S(C)(=O)=O)cc1C(=O)N=C(N)N. The Morgan fingerprint density at radius 1 is 1.04 bits per heavy atom. The Bertz CT molecular complexity index is 927. The molecule has 0 unspecified atom stereocenters. The van der Waals surface area contributed by atoms with Crippen LogP contribution in [0.25, 0.3) is 0 Å². The zero-order valence-corrected chi connectivity index (χ0v) is 16.9. The van der Waals surface area contributed by atoms with Crippen LogP contribution in [0.1, 0.15) is 49.5 Å². The molecule has 4 N–H and O–H groups in total. The van der Waals surface area contributed by atoms with Gasteiger partial charge in [0.1, 0.15) is 0 Å². The number of nitrogens with two attached hydrogens (primary N) is 2. The Morgan fingerprint density at radius 2 is 1.58 bits per heavy atom. The third kappa shape index (κ3) is 4.61. The second-order valence-corrected chi connectivity index (χ2v) is 10.1. The topological polar surface area (TPSA) is 150 Å². The van der Waals surface area contributed by atoms with Gasteiger partial charge < -0.3 is 11.5 Å². The first-order valence-corrected chi connectivity index (χ1v) is 11.6. The van der Waals surface area contributed by atoms with Crippen LogP contribution < -0.4 is 11.5 Å². The molecule has 0 bridgehead atoms. The average molecular weight is 404 g/mol. The first-order valence-electron chi connectivity index (χ1n) is 8.14. The Balaban J connectivity index is 3.90. The Labute approximate surface area is 154 Å². The third-order valence-electron chi connectivity index (χ3n) is 4.07. The van der Waals surface area contributed by atoms with Gasteiger partial charge in [0.05, 0.1) is 15.0 Å². The van der Waals surface area contributed by atoms with Gasteiger partial charge in [-0.25, -0.2) is 16.8 Å². The molecule has 10 heteroatoms. The van der Waals surface area contributed by atoms with Gasteiger partial charge in [0.25, 0.3) is 5.91 Å². The first-order chi connectivity index (χ1) is 11.9. The molecule has 8 nitrogen and oxygen atoms in total. The van der Waals surface area contributed by atoms with E-state index in [9.17, 15) is 21.6 Å². The number of amides is 1. The molecule has 0 spiro atoms. The predicted molar refractivity (Wildman–Crippen MR) is 101 cm³/mol. The van der Waals surface area contributed by atoms with Crippen molar-refractivity contribution in [3.05, 3.63) is 23.3 Å². The molecule has 1 aromatic carbocycles. The van der Waals surface area contributed by atoms with Crippen LogP contribution >= 0.6 is 0 Å². The van der Waals surface area contributed by atoms with E-state index in [1.807, 2.05) is 0 Å². The standard InChI is InChI=1S/C16H25N3O5S2/c1-5-10-8-14(26(23,24)11(6-2)7-3)13(25(4,21)22)9-12(10)15(20)19-16(17)18/h8-9,11H,5-7H2,1-4H3,(H4,17,18,19,20). The lowest BCUT2D eigenvalue weighted by atomic mass is 10.0. The maximum absolute atomic E-state index is 13.0. The molecular formula is C16H25N3O5S2. The van der Waals surface area contributed by atoms with Gasteiger partial charge in [0.15, 0.2) is 25.6 Å². The molecule has 0 aliphatic heterocycles. The zero-order valence-electron chi connectivity index (χ0n) is 15.3. The largest absolute Gasteiger partial charge is 0.370 e. The summed E-state index contributed by atoms with van der Waals surface area (Å²) in [6.45, 7) is 5.17. The van der Waals surface area contributed by atoms with E-state index < -0.39 is 41.7 Å². The maximum atomic E-state index is 13.0. The summed E-state index contributed by atoms with van der Waals surface area (Å²) in [7, 11) is -7.81. The van der Waals surface area contributed by atoms with Crippen LogP contribution in [0.4, 0.5) is 0 Å². The fraction of sp³-hybridized carbons (Fsp3) is 0.500. The highest BCUT2D eigenvalue weighted by Gasteiger charge is 2.32. The number of guanidine groups is 1. The van der Waals surface area contributed by atoms with E-state index in [0.29, 0.717) is 24.8 Å². The van der Waals surface area contributed by atoms with Crippen LogP contribution in [0.2, 0.25) is 0 Å². The van der Waals surface area contributed by atoms with Crippen molar-refractivity contribution in [2.45, 2.75) is 55.1 Å². The highest BCUT2D eigenvalue weighted by atomic mass is 32.2. The summed E-state index contributed by atoms with van der Waals surface area (Å²) in [5.41, 5.74) is 10.7. The first kappa shape index (κ1) is 22.1. The van der Waals surface area contributed by atoms with Gasteiger partial charge in [-0.05, 0) is 37.0 Å². The molecular weight excluding hydrogens is 378 g/mol. The zero-order chi connectivity index (χ0) is 20.3.